The van der Waals surface area contributed by atoms with Gasteiger partial charge >= 0.3 is 0 Å². The summed E-state index contributed by atoms with van der Waals surface area (Å²) in [7, 11) is 2.08. The van der Waals surface area contributed by atoms with E-state index in [2.05, 4.69) is 50.5 Å². The van der Waals surface area contributed by atoms with Crippen molar-refractivity contribution in [1.29, 1.82) is 0 Å². The molecule has 0 aromatic heterocycles. The molecule has 0 aliphatic heterocycles. The summed E-state index contributed by atoms with van der Waals surface area (Å²) in [6.07, 6.45) is 9.04. The van der Waals surface area contributed by atoms with Gasteiger partial charge in [0.2, 0.25) is 0 Å². The zero-order valence-electron chi connectivity index (χ0n) is 11.9. The second-order valence-electron chi connectivity index (χ2n) is 5.52. The first kappa shape index (κ1) is 13.4. The number of benzene rings is 1. The maximum Gasteiger partial charge on any atom is 0.0533 e. The van der Waals surface area contributed by atoms with Gasteiger partial charge in [0.25, 0.3) is 0 Å². The van der Waals surface area contributed by atoms with Crippen molar-refractivity contribution in [3.05, 3.63) is 46.5 Å². The van der Waals surface area contributed by atoms with Gasteiger partial charge < -0.3 is 5.32 Å². The van der Waals surface area contributed by atoms with E-state index in [1.54, 1.807) is 5.57 Å². The molecule has 0 spiro atoms. The highest BCUT2D eigenvalue weighted by molar-refractivity contribution is 5.35. The molecule has 2 rings (SSSR count). The van der Waals surface area contributed by atoms with Crippen LogP contribution in [-0.2, 0) is 0 Å². The molecule has 1 aromatic rings. The van der Waals surface area contributed by atoms with E-state index in [4.69, 9.17) is 0 Å². The summed E-state index contributed by atoms with van der Waals surface area (Å²) in [5.41, 5.74) is 5.72. The van der Waals surface area contributed by atoms with Gasteiger partial charge in [0.05, 0.1) is 6.04 Å². The number of hydrogen-bond donors (Lipinski definition) is 1. The normalized spacial score (nSPS) is 18.1. The first-order chi connectivity index (χ1) is 8.70. The van der Waals surface area contributed by atoms with Crippen LogP contribution in [0.15, 0.2) is 29.8 Å². The molecule has 0 heterocycles. The smallest absolute Gasteiger partial charge is 0.0533 e. The third kappa shape index (κ3) is 3.23. The van der Waals surface area contributed by atoms with Gasteiger partial charge in [0.15, 0.2) is 0 Å². The Morgan fingerprint density at radius 3 is 2.39 bits per heavy atom. The lowest BCUT2D eigenvalue weighted by Crippen LogP contribution is -2.19. The Morgan fingerprint density at radius 1 is 1.00 bits per heavy atom. The van der Waals surface area contributed by atoms with Gasteiger partial charge in [-0.3, -0.25) is 0 Å². The highest BCUT2D eigenvalue weighted by Gasteiger charge is 2.16. The van der Waals surface area contributed by atoms with Crippen LogP contribution < -0.4 is 5.32 Å². The summed E-state index contributed by atoms with van der Waals surface area (Å²) >= 11 is 0. The molecule has 0 saturated heterocycles. The molecule has 1 N–H and O–H groups in total. The van der Waals surface area contributed by atoms with Crippen molar-refractivity contribution < 1.29 is 0 Å². The fraction of sp³-hybridized carbons (Fsp3) is 0.529. The fourth-order valence-corrected chi connectivity index (χ4v) is 3.04. The van der Waals surface area contributed by atoms with Gasteiger partial charge in [0, 0.05) is 0 Å². The van der Waals surface area contributed by atoms with Gasteiger partial charge in [-0.2, -0.15) is 0 Å². The van der Waals surface area contributed by atoms with Crippen LogP contribution in [-0.4, -0.2) is 7.05 Å². The second-order valence-corrected chi connectivity index (χ2v) is 5.52. The van der Waals surface area contributed by atoms with Gasteiger partial charge in [-0.05, 0) is 52.1 Å². The maximum absolute atomic E-state index is 3.50. The molecule has 0 saturated carbocycles. The zero-order valence-corrected chi connectivity index (χ0v) is 11.9. The van der Waals surface area contributed by atoms with E-state index >= 15 is 0 Å². The second kappa shape index (κ2) is 6.19. The van der Waals surface area contributed by atoms with E-state index in [0.717, 1.165) is 0 Å². The van der Waals surface area contributed by atoms with E-state index in [0.29, 0.717) is 6.04 Å². The lowest BCUT2D eigenvalue weighted by Gasteiger charge is -2.21. The SMILES string of the molecule is CNC(C1=CCCCCC1)c1cc(C)cc(C)c1. The summed E-state index contributed by atoms with van der Waals surface area (Å²) in [5.74, 6) is 0. The van der Waals surface area contributed by atoms with Crippen LogP contribution in [0.1, 0.15) is 54.8 Å². The molecule has 1 atom stereocenters. The lowest BCUT2D eigenvalue weighted by molar-refractivity contribution is 0.628. The van der Waals surface area contributed by atoms with Crippen LogP contribution in [0.25, 0.3) is 0 Å². The number of nitrogens with one attached hydrogen (secondary N) is 1. The summed E-state index contributed by atoms with van der Waals surface area (Å²) in [6, 6.07) is 7.29. The van der Waals surface area contributed by atoms with Crippen LogP contribution in [0.4, 0.5) is 0 Å². The predicted octanol–water partition coefficient (Wildman–Crippen LogP) is 4.45. The van der Waals surface area contributed by atoms with Crippen LogP contribution >= 0.6 is 0 Å². The first-order valence-corrected chi connectivity index (χ1v) is 7.15. The van der Waals surface area contributed by atoms with E-state index in [9.17, 15) is 0 Å². The number of likely N-dealkylation sites (N-methyl/N-ethyl adjacent to an activating group) is 1. The van der Waals surface area contributed by atoms with Crippen LogP contribution in [0.2, 0.25) is 0 Å². The Bertz CT molecular complexity index is 411. The molecule has 98 valence electrons. The number of allylic oxidation sites excluding steroid dienone is 1. The van der Waals surface area contributed by atoms with Crippen molar-refractivity contribution in [2.45, 2.75) is 52.0 Å². The first-order valence-electron chi connectivity index (χ1n) is 7.15. The molecule has 1 aliphatic rings. The highest BCUT2D eigenvalue weighted by atomic mass is 14.9. The minimum atomic E-state index is 0.404. The van der Waals surface area contributed by atoms with Crippen molar-refractivity contribution in [2.75, 3.05) is 7.05 Å². The standard InChI is InChI=1S/C17H25N/c1-13-10-14(2)12-16(11-13)17(18-3)15-8-6-4-5-7-9-15/h8,10-12,17-18H,4-7,9H2,1-3H3. The molecule has 1 aromatic carbocycles. The average Bonchev–Trinajstić information content (AvgIpc) is 2.58. The molecule has 18 heavy (non-hydrogen) atoms. The van der Waals surface area contributed by atoms with Crippen molar-refractivity contribution in [3.8, 4) is 0 Å². The van der Waals surface area contributed by atoms with Gasteiger partial charge in [-0.1, -0.05) is 47.4 Å². The number of rotatable bonds is 3. The van der Waals surface area contributed by atoms with Crippen LogP contribution in [0.3, 0.4) is 0 Å². The number of aryl methyl sites for hydroxylation is 2. The van der Waals surface area contributed by atoms with Gasteiger partial charge in [0.1, 0.15) is 0 Å². The molecule has 1 heteroatoms. The third-order valence-corrected chi connectivity index (χ3v) is 3.81. The fourth-order valence-electron chi connectivity index (χ4n) is 3.04. The molecule has 0 radical (unpaired) electrons. The van der Waals surface area contributed by atoms with E-state index in [-0.39, 0.29) is 0 Å². The quantitative estimate of drug-likeness (QED) is 0.773. The monoisotopic (exact) mass is 243 g/mol. The Balaban J connectivity index is 2.29. The third-order valence-electron chi connectivity index (χ3n) is 3.81. The summed E-state index contributed by atoms with van der Waals surface area (Å²) < 4.78 is 0. The van der Waals surface area contributed by atoms with E-state index in [1.807, 2.05) is 0 Å². The Hall–Kier alpha value is -1.08. The van der Waals surface area contributed by atoms with Crippen LogP contribution in [0.5, 0.6) is 0 Å². The molecule has 0 amide bonds. The molecule has 0 fully saturated rings. The summed E-state index contributed by atoms with van der Waals surface area (Å²) in [6.45, 7) is 4.37. The molecular formula is C17H25N. The minimum absolute atomic E-state index is 0.404. The predicted molar refractivity (Wildman–Crippen MR) is 78.9 cm³/mol. The molecule has 0 bridgehead atoms. The molecule has 1 nitrogen and oxygen atoms in total. The van der Waals surface area contributed by atoms with E-state index in [1.165, 1.54) is 48.8 Å². The minimum Gasteiger partial charge on any atom is -0.310 e. The molecule has 1 aliphatic carbocycles. The Labute approximate surface area is 111 Å². The van der Waals surface area contributed by atoms with Gasteiger partial charge in [-0.25, -0.2) is 0 Å². The summed E-state index contributed by atoms with van der Waals surface area (Å²) in [4.78, 5) is 0. The average molecular weight is 243 g/mol. The van der Waals surface area contributed by atoms with Crippen molar-refractivity contribution >= 4 is 0 Å². The molecular weight excluding hydrogens is 218 g/mol. The lowest BCUT2D eigenvalue weighted by atomic mass is 9.93. The number of hydrogen-bond acceptors (Lipinski definition) is 1. The van der Waals surface area contributed by atoms with Gasteiger partial charge in [-0.15, -0.1) is 0 Å². The van der Waals surface area contributed by atoms with Crippen LogP contribution in [0, 0.1) is 13.8 Å². The zero-order chi connectivity index (χ0) is 13.0. The topological polar surface area (TPSA) is 12.0 Å². The Morgan fingerprint density at radius 2 is 1.72 bits per heavy atom. The van der Waals surface area contributed by atoms with Crippen molar-refractivity contribution in [2.24, 2.45) is 0 Å². The maximum atomic E-state index is 3.50. The van der Waals surface area contributed by atoms with E-state index < -0.39 is 0 Å². The Kier molecular flexibility index (Phi) is 4.60. The van der Waals surface area contributed by atoms with Crippen molar-refractivity contribution in [1.82, 2.24) is 5.32 Å². The largest absolute Gasteiger partial charge is 0.310 e. The summed E-state index contributed by atoms with van der Waals surface area (Å²) in [5, 5.41) is 3.50. The highest BCUT2D eigenvalue weighted by Crippen LogP contribution is 2.29. The molecule has 1 unspecified atom stereocenters. The van der Waals surface area contributed by atoms with Crippen molar-refractivity contribution in [3.63, 3.8) is 0 Å².